The van der Waals surface area contributed by atoms with E-state index in [0.29, 0.717) is 13.2 Å². The molecule has 0 saturated carbocycles. The Labute approximate surface area is 88.9 Å². The van der Waals surface area contributed by atoms with Gasteiger partial charge in [0.05, 0.1) is 18.2 Å². The summed E-state index contributed by atoms with van der Waals surface area (Å²) in [5.74, 6) is 0.814. The second-order valence-electron chi connectivity index (χ2n) is 3.00. The highest BCUT2D eigenvalue weighted by Crippen LogP contribution is 2.07. The van der Waals surface area contributed by atoms with Crippen molar-refractivity contribution >= 4 is 17.4 Å². The van der Waals surface area contributed by atoms with Gasteiger partial charge in [0.1, 0.15) is 5.82 Å². The molecule has 0 aliphatic rings. The van der Waals surface area contributed by atoms with Crippen LogP contribution in [0.3, 0.4) is 0 Å². The SMILES string of the molecule is COCC(Cl)CN(C)c1cnccn1. The minimum Gasteiger partial charge on any atom is -0.383 e. The molecule has 1 unspecified atom stereocenters. The molecule has 0 saturated heterocycles. The number of ether oxygens (including phenoxy) is 1. The minimum absolute atomic E-state index is 0.0352. The van der Waals surface area contributed by atoms with E-state index >= 15 is 0 Å². The van der Waals surface area contributed by atoms with Gasteiger partial charge in [0.2, 0.25) is 0 Å². The van der Waals surface area contributed by atoms with Crippen LogP contribution in [0, 0.1) is 0 Å². The fourth-order valence-electron chi connectivity index (χ4n) is 1.11. The summed E-state index contributed by atoms with van der Waals surface area (Å²) >= 11 is 6.01. The molecule has 0 spiro atoms. The quantitative estimate of drug-likeness (QED) is 0.692. The number of rotatable bonds is 5. The Morgan fingerprint density at radius 1 is 1.57 bits per heavy atom. The highest BCUT2D eigenvalue weighted by molar-refractivity contribution is 6.21. The number of aromatic nitrogens is 2. The van der Waals surface area contributed by atoms with Crippen molar-refractivity contribution < 1.29 is 4.74 Å². The van der Waals surface area contributed by atoms with Crippen LogP contribution in [0.2, 0.25) is 0 Å². The molecule has 0 bridgehead atoms. The molecule has 0 amide bonds. The number of anilines is 1. The first kappa shape index (κ1) is 11.2. The molecule has 1 heterocycles. The maximum absolute atomic E-state index is 6.01. The van der Waals surface area contributed by atoms with Crippen LogP contribution < -0.4 is 4.90 Å². The van der Waals surface area contributed by atoms with E-state index in [1.807, 2.05) is 11.9 Å². The average molecular weight is 216 g/mol. The Morgan fingerprint density at radius 3 is 2.93 bits per heavy atom. The van der Waals surface area contributed by atoms with Crippen LogP contribution in [0.15, 0.2) is 18.6 Å². The van der Waals surface area contributed by atoms with Crippen molar-refractivity contribution in [2.24, 2.45) is 0 Å². The van der Waals surface area contributed by atoms with Crippen molar-refractivity contribution in [1.82, 2.24) is 9.97 Å². The van der Waals surface area contributed by atoms with E-state index in [-0.39, 0.29) is 5.38 Å². The molecule has 0 N–H and O–H groups in total. The van der Waals surface area contributed by atoms with Gasteiger partial charge in [0.25, 0.3) is 0 Å². The third kappa shape index (κ3) is 3.47. The summed E-state index contributed by atoms with van der Waals surface area (Å²) in [6.45, 7) is 1.22. The van der Waals surface area contributed by atoms with E-state index in [0.717, 1.165) is 5.82 Å². The van der Waals surface area contributed by atoms with Crippen LogP contribution in [-0.2, 0) is 4.74 Å². The number of hydrogen-bond donors (Lipinski definition) is 0. The number of nitrogens with zero attached hydrogens (tertiary/aromatic N) is 3. The number of methoxy groups -OCH3 is 1. The fraction of sp³-hybridized carbons (Fsp3) is 0.556. The summed E-state index contributed by atoms with van der Waals surface area (Å²) in [5.41, 5.74) is 0. The summed E-state index contributed by atoms with van der Waals surface area (Å²) in [6, 6.07) is 0. The van der Waals surface area contributed by atoms with Crippen molar-refractivity contribution in [3.63, 3.8) is 0 Å². The lowest BCUT2D eigenvalue weighted by molar-refractivity contribution is 0.199. The zero-order valence-electron chi connectivity index (χ0n) is 8.35. The van der Waals surface area contributed by atoms with Crippen LogP contribution in [0.25, 0.3) is 0 Å². The number of halogens is 1. The van der Waals surface area contributed by atoms with Gasteiger partial charge >= 0.3 is 0 Å². The van der Waals surface area contributed by atoms with Gasteiger partial charge in [-0.05, 0) is 0 Å². The molecule has 0 radical (unpaired) electrons. The minimum atomic E-state index is -0.0352. The first-order chi connectivity index (χ1) is 6.74. The lowest BCUT2D eigenvalue weighted by atomic mass is 10.4. The molecule has 78 valence electrons. The summed E-state index contributed by atoms with van der Waals surface area (Å²) in [4.78, 5) is 10.1. The van der Waals surface area contributed by atoms with Crippen molar-refractivity contribution in [2.45, 2.75) is 5.38 Å². The van der Waals surface area contributed by atoms with Crippen molar-refractivity contribution in [1.29, 1.82) is 0 Å². The average Bonchev–Trinajstić information content (AvgIpc) is 2.19. The largest absolute Gasteiger partial charge is 0.383 e. The van der Waals surface area contributed by atoms with Gasteiger partial charge in [0.15, 0.2) is 0 Å². The molecule has 0 aromatic carbocycles. The zero-order valence-corrected chi connectivity index (χ0v) is 9.11. The van der Waals surface area contributed by atoms with Crippen molar-refractivity contribution in [3.05, 3.63) is 18.6 Å². The molecule has 1 rings (SSSR count). The van der Waals surface area contributed by atoms with Gasteiger partial charge in [-0.3, -0.25) is 4.98 Å². The Kier molecular flexibility index (Phi) is 4.62. The zero-order chi connectivity index (χ0) is 10.4. The van der Waals surface area contributed by atoms with Crippen LogP contribution in [0.1, 0.15) is 0 Å². The molecule has 1 atom stereocenters. The Balaban J connectivity index is 2.46. The molecule has 5 heteroatoms. The van der Waals surface area contributed by atoms with Crippen LogP contribution in [0.5, 0.6) is 0 Å². The molecular formula is C9H14ClN3O. The maximum atomic E-state index is 6.01. The number of alkyl halides is 1. The smallest absolute Gasteiger partial charge is 0.146 e. The van der Waals surface area contributed by atoms with Crippen LogP contribution in [-0.4, -0.2) is 42.7 Å². The fourth-order valence-corrected chi connectivity index (χ4v) is 1.45. The monoisotopic (exact) mass is 215 g/mol. The van der Waals surface area contributed by atoms with Gasteiger partial charge in [-0.1, -0.05) is 0 Å². The van der Waals surface area contributed by atoms with E-state index in [1.165, 1.54) is 0 Å². The van der Waals surface area contributed by atoms with Gasteiger partial charge in [-0.25, -0.2) is 4.98 Å². The molecule has 14 heavy (non-hydrogen) atoms. The van der Waals surface area contributed by atoms with Crippen molar-refractivity contribution in [3.8, 4) is 0 Å². The van der Waals surface area contributed by atoms with Gasteiger partial charge in [-0.15, -0.1) is 11.6 Å². The highest BCUT2D eigenvalue weighted by atomic mass is 35.5. The Morgan fingerprint density at radius 2 is 2.36 bits per heavy atom. The van der Waals surface area contributed by atoms with E-state index in [1.54, 1.807) is 25.7 Å². The normalized spacial score (nSPS) is 12.5. The number of hydrogen-bond acceptors (Lipinski definition) is 4. The highest BCUT2D eigenvalue weighted by Gasteiger charge is 2.09. The molecule has 4 nitrogen and oxygen atoms in total. The first-order valence-corrected chi connectivity index (χ1v) is 4.78. The van der Waals surface area contributed by atoms with Gasteiger partial charge in [0, 0.05) is 33.1 Å². The van der Waals surface area contributed by atoms with E-state index in [9.17, 15) is 0 Å². The first-order valence-electron chi connectivity index (χ1n) is 4.34. The summed E-state index contributed by atoms with van der Waals surface area (Å²) in [6.07, 6.45) is 5.01. The van der Waals surface area contributed by atoms with E-state index in [4.69, 9.17) is 16.3 Å². The summed E-state index contributed by atoms with van der Waals surface area (Å²) < 4.78 is 4.95. The summed E-state index contributed by atoms with van der Waals surface area (Å²) in [7, 11) is 3.56. The topological polar surface area (TPSA) is 38.2 Å². The maximum Gasteiger partial charge on any atom is 0.146 e. The second kappa shape index (κ2) is 5.78. The van der Waals surface area contributed by atoms with Gasteiger partial charge in [-0.2, -0.15) is 0 Å². The third-order valence-corrected chi connectivity index (χ3v) is 2.02. The van der Waals surface area contributed by atoms with E-state index < -0.39 is 0 Å². The van der Waals surface area contributed by atoms with Gasteiger partial charge < -0.3 is 9.64 Å². The lowest BCUT2D eigenvalue weighted by Crippen LogP contribution is -2.29. The summed E-state index contributed by atoms with van der Waals surface area (Å²) in [5, 5.41) is -0.0352. The van der Waals surface area contributed by atoms with Crippen LogP contribution in [0.4, 0.5) is 5.82 Å². The standard InChI is InChI=1S/C9H14ClN3O/c1-13(6-8(10)7-14-2)9-5-11-3-4-12-9/h3-5,8H,6-7H2,1-2H3. The molecule has 1 aromatic rings. The van der Waals surface area contributed by atoms with Crippen LogP contribution >= 0.6 is 11.6 Å². The molecule has 0 fully saturated rings. The van der Waals surface area contributed by atoms with Crippen molar-refractivity contribution in [2.75, 3.05) is 32.2 Å². The Hall–Kier alpha value is -0.870. The molecule has 1 aromatic heterocycles. The third-order valence-electron chi connectivity index (χ3n) is 1.76. The Bertz CT molecular complexity index is 257. The lowest BCUT2D eigenvalue weighted by Gasteiger charge is -2.20. The predicted octanol–water partition coefficient (Wildman–Crippen LogP) is 1.17. The molecule has 0 aliphatic carbocycles. The molecular weight excluding hydrogens is 202 g/mol. The van der Waals surface area contributed by atoms with E-state index in [2.05, 4.69) is 9.97 Å². The second-order valence-corrected chi connectivity index (χ2v) is 3.61. The molecule has 0 aliphatic heterocycles. The predicted molar refractivity (Wildman–Crippen MR) is 56.8 cm³/mol.